The van der Waals surface area contributed by atoms with Crippen LogP contribution in [-0.2, 0) is 13.0 Å². The third-order valence-electron chi connectivity index (χ3n) is 2.08. The van der Waals surface area contributed by atoms with Gasteiger partial charge in [-0.2, -0.15) is 0 Å². The minimum atomic E-state index is 0.815. The lowest BCUT2D eigenvalue weighted by atomic mass is 10.1. The SMILES string of the molecule is C=C(Br)CNCc1ccc(CC)cc1. The van der Waals surface area contributed by atoms with Gasteiger partial charge >= 0.3 is 0 Å². The quantitative estimate of drug-likeness (QED) is 0.850. The Labute approximate surface area is 94.3 Å². The molecular formula is C12H16BrN. The molecule has 0 aliphatic rings. The Morgan fingerprint density at radius 1 is 1.29 bits per heavy atom. The van der Waals surface area contributed by atoms with Gasteiger partial charge in [-0.05, 0) is 17.5 Å². The molecule has 0 amide bonds. The molecule has 2 heteroatoms. The molecule has 1 N–H and O–H groups in total. The molecule has 0 atom stereocenters. The maximum Gasteiger partial charge on any atom is 0.0268 e. The van der Waals surface area contributed by atoms with Crippen molar-refractivity contribution in [2.75, 3.05) is 6.54 Å². The molecule has 1 rings (SSSR count). The van der Waals surface area contributed by atoms with Crippen LogP contribution in [0.5, 0.6) is 0 Å². The Balaban J connectivity index is 2.40. The lowest BCUT2D eigenvalue weighted by molar-refractivity contribution is 0.757. The minimum absolute atomic E-state index is 0.815. The Kier molecular flexibility index (Phi) is 4.91. The topological polar surface area (TPSA) is 12.0 Å². The summed E-state index contributed by atoms with van der Waals surface area (Å²) in [7, 11) is 0. The summed E-state index contributed by atoms with van der Waals surface area (Å²) in [5.74, 6) is 0. The highest BCUT2D eigenvalue weighted by atomic mass is 79.9. The van der Waals surface area contributed by atoms with Crippen molar-refractivity contribution < 1.29 is 0 Å². The van der Waals surface area contributed by atoms with E-state index >= 15 is 0 Å². The van der Waals surface area contributed by atoms with E-state index in [1.807, 2.05) is 0 Å². The Hall–Kier alpha value is -0.600. The van der Waals surface area contributed by atoms with Gasteiger partial charge < -0.3 is 5.32 Å². The summed E-state index contributed by atoms with van der Waals surface area (Å²) in [4.78, 5) is 0. The predicted molar refractivity (Wildman–Crippen MR) is 65.6 cm³/mol. The van der Waals surface area contributed by atoms with E-state index in [0.717, 1.165) is 24.0 Å². The molecular weight excluding hydrogens is 238 g/mol. The third-order valence-corrected chi connectivity index (χ3v) is 2.36. The molecule has 0 aliphatic carbocycles. The molecule has 0 unspecified atom stereocenters. The van der Waals surface area contributed by atoms with Crippen LogP contribution in [-0.4, -0.2) is 6.54 Å². The van der Waals surface area contributed by atoms with Crippen LogP contribution in [0.4, 0.5) is 0 Å². The van der Waals surface area contributed by atoms with Gasteiger partial charge in [-0.15, -0.1) is 0 Å². The fraction of sp³-hybridized carbons (Fsp3) is 0.333. The summed E-state index contributed by atoms with van der Waals surface area (Å²) in [6.45, 7) is 7.65. The van der Waals surface area contributed by atoms with Gasteiger partial charge in [0.05, 0.1) is 0 Å². The number of aryl methyl sites for hydroxylation is 1. The Morgan fingerprint density at radius 2 is 1.86 bits per heavy atom. The lowest BCUT2D eigenvalue weighted by Gasteiger charge is -2.04. The van der Waals surface area contributed by atoms with Crippen molar-refractivity contribution in [1.82, 2.24) is 5.32 Å². The number of hydrogen-bond acceptors (Lipinski definition) is 1. The van der Waals surface area contributed by atoms with E-state index in [9.17, 15) is 0 Å². The van der Waals surface area contributed by atoms with E-state index in [4.69, 9.17) is 0 Å². The Morgan fingerprint density at radius 3 is 2.36 bits per heavy atom. The molecule has 0 aromatic heterocycles. The maximum absolute atomic E-state index is 3.77. The highest BCUT2D eigenvalue weighted by Crippen LogP contribution is 2.05. The molecule has 1 nitrogen and oxygen atoms in total. The molecule has 1 aromatic carbocycles. The van der Waals surface area contributed by atoms with Crippen molar-refractivity contribution in [3.63, 3.8) is 0 Å². The average molecular weight is 254 g/mol. The molecule has 0 aliphatic heterocycles. The largest absolute Gasteiger partial charge is 0.308 e. The van der Waals surface area contributed by atoms with Crippen LogP contribution in [0.2, 0.25) is 0 Å². The summed E-state index contributed by atoms with van der Waals surface area (Å²) < 4.78 is 0.989. The number of nitrogens with one attached hydrogen (secondary N) is 1. The first-order valence-corrected chi connectivity index (χ1v) is 5.63. The summed E-state index contributed by atoms with van der Waals surface area (Å²) >= 11 is 3.31. The van der Waals surface area contributed by atoms with Gasteiger partial charge in [-0.1, -0.05) is 53.7 Å². The monoisotopic (exact) mass is 253 g/mol. The lowest BCUT2D eigenvalue weighted by Crippen LogP contribution is -2.14. The number of rotatable bonds is 5. The second-order valence-electron chi connectivity index (χ2n) is 3.29. The second-order valence-corrected chi connectivity index (χ2v) is 4.41. The smallest absolute Gasteiger partial charge is 0.0268 e. The summed E-state index contributed by atoms with van der Waals surface area (Å²) in [5, 5.41) is 3.29. The molecule has 1 aromatic rings. The number of halogens is 1. The van der Waals surface area contributed by atoms with Gasteiger partial charge in [0, 0.05) is 17.6 Å². The molecule has 0 fully saturated rings. The first-order valence-electron chi connectivity index (χ1n) is 4.84. The molecule has 14 heavy (non-hydrogen) atoms. The zero-order valence-electron chi connectivity index (χ0n) is 8.52. The molecule has 0 bridgehead atoms. The highest BCUT2D eigenvalue weighted by molar-refractivity contribution is 9.11. The van der Waals surface area contributed by atoms with E-state index in [1.165, 1.54) is 11.1 Å². The third kappa shape index (κ3) is 4.07. The maximum atomic E-state index is 3.77. The Bertz CT molecular complexity index is 290. The summed E-state index contributed by atoms with van der Waals surface area (Å²) in [6, 6.07) is 8.70. The molecule has 0 heterocycles. The fourth-order valence-corrected chi connectivity index (χ4v) is 1.43. The zero-order valence-corrected chi connectivity index (χ0v) is 10.1. The van der Waals surface area contributed by atoms with Crippen molar-refractivity contribution in [2.24, 2.45) is 0 Å². The second kappa shape index (κ2) is 5.99. The first-order chi connectivity index (χ1) is 6.72. The van der Waals surface area contributed by atoms with Crippen LogP contribution < -0.4 is 5.32 Å². The van der Waals surface area contributed by atoms with Crippen molar-refractivity contribution in [3.8, 4) is 0 Å². The van der Waals surface area contributed by atoms with Crippen LogP contribution in [0, 0.1) is 0 Å². The standard InChI is InChI=1S/C12H16BrN/c1-3-11-4-6-12(7-5-11)9-14-8-10(2)13/h4-7,14H,2-3,8-9H2,1H3. The van der Waals surface area contributed by atoms with Crippen molar-refractivity contribution in [3.05, 3.63) is 46.5 Å². The summed E-state index contributed by atoms with van der Waals surface area (Å²) in [6.07, 6.45) is 1.10. The first kappa shape index (κ1) is 11.5. The average Bonchev–Trinajstić information content (AvgIpc) is 2.18. The molecule has 76 valence electrons. The highest BCUT2D eigenvalue weighted by Gasteiger charge is 1.93. The predicted octanol–water partition coefficient (Wildman–Crippen LogP) is 3.25. The molecule has 0 radical (unpaired) electrons. The molecule has 0 spiro atoms. The van der Waals surface area contributed by atoms with Crippen LogP contribution >= 0.6 is 15.9 Å². The van der Waals surface area contributed by atoms with Gasteiger partial charge in [0.1, 0.15) is 0 Å². The zero-order chi connectivity index (χ0) is 10.4. The molecule has 0 saturated carbocycles. The van der Waals surface area contributed by atoms with Gasteiger partial charge in [0.15, 0.2) is 0 Å². The normalized spacial score (nSPS) is 10.1. The van der Waals surface area contributed by atoms with Crippen LogP contribution in [0.15, 0.2) is 35.3 Å². The van der Waals surface area contributed by atoms with Crippen molar-refractivity contribution >= 4 is 15.9 Å². The van der Waals surface area contributed by atoms with E-state index in [2.05, 4.69) is 59.0 Å². The number of hydrogen-bond donors (Lipinski definition) is 1. The van der Waals surface area contributed by atoms with Crippen molar-refractivity contribution in [1.29, 1.82) is 0 Å². The molecule has 0 saturated heterocycles. The number of benzene rings is 1. The van der Waals surface area contributed by atoms with E-state index < -0.39 is 0 Å². The minimum Gasteiger partial charge on any atom is -0.308 e. The van der Waals surface area contributed by atoms with E-state index in [0.29, 0.717) is 0 Å². The fourth-order valence-electron chi connectivity index (χ4n) is 1.24. The van der Waals surface area contributed by atoms with Crippen molar-refractivity contribution in [2.45, 2.75) is 19.9 Å². The van der Waals surface area contributed by atoms with E-state index in [1.54, 1.807) is 0 Å². The van der Waals surface area contributed by atoms with Gasteiger partial charge in [0.25, 0.3) is 0 Å². The van der Waals surface area contributed by atoms with E-state index in [-0.39, 0.29) is 0 Å². The van der Waals surface area contributed by atoms with Crippen LogP contribution in [0.1, 0.15) is 18.1 Å². The van der Waals surface area contributed by atoms with Crippen LogP contribution in [0.3, 0.4) is 0 Å². The van der Waals surface area contributed by atoms with Gasteiger partial charge in [0.2, 0.25) is 0 Å². The van der Waals surface area contributed by atoms with Gasteiger partial charge in [-0.25, -0.2) is 0 Å². The van der Waals surface area contributed by atoms with Gasteiger partial charge in [-0.3, -0.25) is 0 Å². The van der Waals surface area contributed by atoms with Crippen LogP contribution in [0.25, 0.3) is 0 Å². The summed E-state index contributed by atoms with van der Waals surface area (Å²) in [5.41, 5.74) is 2.70.